The molecule has 31 heavy (non-hydrogen) atoms. The molecule has 2 heterocycles. The van der Waals surface area contributed by atoms with Gasteiger partial charge in [-0.15, -0.1) is 21.5 Å². The molecular formula is C20H20N4O5S2. The van der Waals surface area contributed by atoms with Gasteiger partial charge in [-0.3, -0.25) is 0 Å². The first-order valence-electron chi connectivity index (χ1n) is 9.34. The summed E-state index contributed by atoms with van der Waals surface area (Å²) in [5.41, 5.74) is 1.58. The molecular weight excluding hydrogens is 440 g/mol. The standard InChI is InChI=1S/C20H20N4O5S2/c1-27-15-4-3-5-16-19(15)22-18(30-16)12-17-23-24-20(29-17)13-6-8-14(9-7-13)28-11-10-21-31(2,25)26/h3-9,21H,10-12H2,1-2H3. The Bertz CT molecular complexity index is 1280. The number of benzene rings is 2. The fourth-order valence-electron chi connectivity index (χ4n) is 2.87. The highest BCUT2D eigenvalue weighted by Crippen LogP contribution is 2.31. The average Bonchev–Trinajstić information content (AvgIpc) is 3.37. The third-order valence-electron chi connectivity index (χ3n) is 4.25. The van der Waals surface area contributed by atoms with Crippen molar-refractivity contribution in [2.45, 2.75) is 6.42 Å². The number of hydrogen-bond acceptors (Lipinski definition) is 9. The molecule has 2 aromatic heterocycles. The second kappa shape index (κ2) is 9.00. The van der Waals surface area contributed by atoms with E-state index in [4.69, 9.17) is 13.9 Å². The van der Waals surface area contributed by atoms with Crippen LogP contribution in [0.15, 0.2) is 46.9 Å². The number of methoxy groups -OCH3 is 1. The van der Waals surface area contributed by atoms with Crippen LogP contribution in [0, 0.1) is 0 Å². The van der Waals surface area contributed by atoms with Crippen LogP contribution in [0.25, 0.3) is 21.7 Å². The molecule has 11 heteroatoms. The van der Waals surface area contributed by atoms with Crippen LogP contribution in [-0.4, -0.2) is 50.1 Å². The van der Waals surface area contributed by atoms with E-state index in [1.54, 1.807) is 42.7 Å². The predicted molar refractivity (Wildman–Crippen MR) is 117 cm³/mol. The Morgan fingerprint density at radius 1 is 1.13 bits per heavy atom. The van der Waals surface area contributed by atoms with Crippen molar-refractivity contribution in [1.29, 1.82) is 0 Å². The Morgan fingerprint density at radius 2 is 1.94 bits per heavy atom. The molecule has 162 valence electrons. The monoisotopic (exact) mass is 460 g/mol. The fourth-order valence-corrected chi connectivity index (χ4v) is 4.30. The van der Waals surface area contributed by atoms with Crippen LogP contribution >= 0.6 is 11.3 Å². The van der Waals surface area contributed by atoms with Gasteiger partial charge in [-0.25, -0.2) is 18.1 Å². The highest BCUT2D eigenvalue weighted by Gasteiger charge is 2.14. The van der Waals surface area contributed by atoms with Gasteiger partial charge in [0.1, 0.15) is 28.6 Å². The number of para-hydroxylation sites is 1. The van der Waals surface area contributed by atoms with Crippen molar-refractivity contribution in [2.75, 3.05) is 26.5 Å². The minimum atomic E-state index is -3.22. The molecule has 0 atom stereocenters. The second-order valence-corrected chi connectivity index (χ2v) is 9.58. The number of hydrogen-bond donors (Lipinski definition) is 1. The van der Waals surface area contributed by atoms with Gasteiger partial charge in [0.2, 0.25) is 21.8 Å². The van der Waals surface area contributed by atoms with E-state index in [-0.39, 0.29) is 13.2 Å². The molecule has 0 fully saturated rings. The minimum Gasteiger partial charge on any atom is -0.494 e. The predicted octanol–water partition coefficient (Wildman–Crippen LogP) is 2.87. The van der Waals surface area contributed by atoms with Crippen molar-refractivity contribution in [3.8, 4) is 23.0 Å². The summed E-state index contributed by atoms with van der Waals surface area (Å²) in [6.07, 6.45) is 1.54. The Labute approximate surface area is 183 Å². The number of ether oxygens (including phenoxy) is 2. The number of sulfonamides is 1. The maximum absolute atomic E-state index is 11.0. The number of nitrogens with one attached hydrogen (secondary N) is 1. The van der Waals surface area contributed by atoms with Gasteiger partial charge in [0.05, 0.1) is 24.5 Å². The molecule has 4 rings (SSSR count). The first-order valence-corrected chi connectivity index (χ1v) is 12.0. The summed E-state index contributed by atoms with van der Waals surface area (Å²) >= 11 is 1.56. The lowest BCUT2D eigenvalue weighted by Gasteiger charge is -2.06. The van der Waals surface area contributed by atoms with Crippen LogP contribution in [0.4, 0.5) is 0 Å². The van der Waals surface area contributed by atoms with E-state index >= 15 is 0 Å². The molecule has 0 bridgehead atoms. The van der Waals surface area contributed by atoms with E-state index in [2.05, 4.69) is 19.9 Å². The zero-order chi connectivity index (χ0) is 21.8. The Morgan fingerprint density at radius 3 is 2.68 bits per heavy atom. The van der Waals surface area contributed by atoms with Gasteiger partial charge in [-0.05, 0) is 36.4 Å². The molecule has 9 nitrogen and oxygen atoms in total. The first-order chi connectivity index (χ1) is 14.9. The second-order valence-electron chi connectivity index (χ2n) is 6.63. The molecule has 2 aromatic carbocycles. The van der Waals surface area contributed by atoms with E-state index in [1.165, 1.54) is 0 Å². The number of fused-ring (bicyclic) bond motifs is 1. The molecule has 0 aliphatic heterocycles. The maximum Gasteiger partial charge on any atom is 0.247 e. The lowest BCUT2D eigenvalue weighted by atomic mass is 10.2. The third-order valence-corrected chi connectivity index (χ3v) is 6.00. The molecule has 0 unspecified atom stereocenters. The fraction of sp³-hybridized carbons (Fsp3) is 0.250. The molecule has 0 spiro atoms. The van der Waals surface area contributed by atoms with Gasteiger partial charge in [0.25, 0.3) is 0 Å². The van der Waals surface area contributed by atoms with Crippen molar-refractivity contribution < 1.29 is 22.3 Å². The zero-order valence-corrected chi connectivity index (χ0v) is 18.5. The Hall–Kier alpha value is -3.02. The van der Waals surface area contributed by atoms with Crippen molar-refractivity contribution in [3.05, 3.63) is 53.4 Å². The largest absolute Gasteiger partial charge is 0.494 e. The van der Waals surface area contributed by atoms with Gasteiger partial charge >= 0.3 is 0 Å². The summed E-state index contributed by atoms with van der Waals surface area (Å²) in [6, 6.07) is 13.0. The summed E-state index contributed by atoms with van der Waals surface area (Å²) in [4.78, 5) is 4.63. The van der Waals surface area contributed by atoms with Crippen molar-refractivity contribution >= 4 is 31.6 Å². The normalized spacial score (nSPS) is 11.7. The van der Waals surface area contributed by atoms with Gasteiger partial charge < -0.3 is 13.9 Å². The molecule has 4 aromatic rings. The molecule has 0 saturated heterocycles. The number of aromatic nitrogens is 3. The smallest absolute Gasteiger partial charge is 0.247 e. The van der Waals surface area contributed by atoms with E-state index in [1.807, 2.05) is 18.2 Å². The van der Waals surface area contributed by atoms with Crippen LogP contribution < -0.4 is 14.2 Å². The van der Waals surface area contributed by atoms with Gasteiger partial charge in [0.15, 0.2) is 0 Å². The van der Waals surface area contributed by atoms with Crippen LogP contribution in [0.2, 0.25) is 0 Å². The number of thiazole rings is 1. The first kappa shape index (κ1) is 21.2. The van der Waals surface area contributed by atoms with Crippen LogP contribution in [0.3, 0.4) is 0 Å². The van der Waals surface area contributed by atoms with Gasteiger partial charge in [0, 0.05) is 12.1 Å². The lowest BCUT2D eigenvalue weighted by Crippen LogP contribution is -2.26. The van der Waals surface area contributed by atoms with E-state index < -0.39 is 10.0 Å². The van der Waals surface area contributed by atoms with E-state index in [0.717, 1.165) is 32.8 Å². The Kier molecular flexibility index (Phi) is 6.16. The highest BCUT2D eigenvalue weighted by molar-refractivity contribution is 7.88. The van der Waals surface area contributed by atoms with Gasteiger partial charge in [-0.2, -0.15) is 0 Å². The summed E-state index contributed by atoms with van der Waals surface area (Å²) in [5.74, 6) is 2.22. The topological polar surface area (TPSA) is 116 Å². The summed E-state index contributed by atoms with van der Waals surface area (Å²) in [7, 11) is -1.59. The maximum atomic E-state index is 11.0. The van der Waals surface area contributed by atoms with E-state index in [9.17, 15) is 8.42 Å². The van der Waals surface area contributed by atoms with Crippen molar-refractivity contribution in [1.82, 2.24) is 19.9 Å². The molecule has 0 radical (unpaired) electrons. The molecule has 0 aliphatic rings. The summed E-state index contributed by atoms with van der Waals surface area (Å²) < 4.78 is 42.2. The SMILES string of the molecule is COc1cccc2sc(Cc3nnc(-c4ccc(OCCNS(C)(=O)=O)cc4)o3)nc12. The minimum absolute atomic E-state index is 0.200. The highest BCUT2D eigenvalue weighted by atomic mass is 32.2. The van der Waals surface area contributed by atoms with Crippen LogP contribution in [-0.2, 0) is 16.4 Å². The number of rotatable bonds is 9. The van der Waals surface area contributed by atoms with Gasteiger partial charge in [-0.1, -0.05) is 6.07 Å². The molecule has 0 saturated carbocycles. The van der Waals surface area contributed by atoms with Crippen molar-refractivity contribution in [2.24, 2.45) is 0 Å². The summed E-state index contributed by atoms with van der Waals surface area (Å²) in [5, 5.41) is 9.11. The third kappa shape index (κ3) is 5.37. The molecule has 1 N–H and O–H groups in total. The van der Waals surface area contributed by atoms with Crippen molar-refractivity contribution in [3.63, 3.8) is 0 Å². The summed E-state index contributed by atoms with van der Waals surface area (Å²) in [6.45, 7) is 0.426. The number of nitrogens with zero attached hydrogens (tertiary/aromatic N) is 3. The van der Waals surface area contributed by atoms with Crippen LogP contribution in [0.5, 0.6) is 11.5 Å². The van der Waals surface area contributed by atoms with E-state index in [0.29, 0.717) is 24.0 Å². The lowest BCUT2D eigenvalue weighted by molar-refractivity contribution is 0.323. The Balaban J connectivity index is 1.39. The van der Waals surface area contributed by atoms with Crippen LogP contribution in [0.1, 0.15) is 10.9 Å². The average molecular weight is 461 g/mol. The molecule has 0 amide bonds. The molecule has 0 aliphatic carbocycles. The quantitative estimate of drug-likeness (QED) is 0.379. The zero-order valence-electron chi connectivity index (χ0n) is 16.9.